The van der Waals surface area contributed by atoms with Gasteiger partial charge in [-0.05, 0) is 77.3 Å². The lowest BCUT2D eigenvalue weighted by Gasteiger charge is -2.34. The van der Waals surface area contributed by atoms with Crippen LogP contribution in [0.2, 0.25) is 0 Å². The van der Waals surface area contributed by atoms with E-state index in [1.54, 1.807) is 29.3 Å². The average Bonchev–Trinajstić information content (AvgIpc) is 2.93. The smallest absolute Gasteiger partial charge is 0.251 e. The van der Waals surface area contributed by atoms with Gasteiger partial charge in [0.25, 0.3) is 5.91 Å². The van der Waals surface area contributed by atoms with Crippen molar-refractivity contribution in [3.8, 4) is 5.75 Å². The molecular weight excluding hydrogens is 406 g/mol. The van der Waals surface area contributed by atoms with Crippen LogP contribution in [0.5, 0.6) is 5.75 Å². The maximum Gasteiger partial charge on any atom is 0.251 e. The topological polar surface area (TPSA) is 80.8 Å². The molecule has 1 fully saturated rings. The van der Waals surface area contributed by atoms with Gasteiger partial charge in [-0.25, -0.2) is 4.98 Å². The highest BCUT2D eigenvalue weighted by Crippen LogP contribution is 2.45. The van der Waals surface area contributed by atoms with Crippen LogP contribution in [-0.4, -0.2) is 41.7 Å². The van der Waals surface area contributed by atoms with Gasteiger partial charge in [-0.3, -0.25) is 14.5 Å². The second-order valence-corrected chi connectivity index (χ2v) is 9.64. The van der Waals surface area contributed by atoms with Gasteiger partial charge in [0.05, 0.1) is 17.2 Å². The van der Waals surface area contributed by atoms with Gasteiger partial charge < -0.3 is 14.8 Å². The number of anilines is 2. The van der Waals surface area contributed by atoms with E-state index in [2.05, 4.69) is 10.3 Å². The van der Waals surface area contributed by atoms with Crippen molar-refractivity contribution in [1.82, 2.24) is 10.3 Å². The fourth-order valence-corrected chi connectivity index (χ4v) is 4.27. The van der Waals surface area contributed by atoms with Gasteiger partial charge >= 0.3 is 0 Å². The molecule has 1 saturated heterocycles. The normalized spacial score (nSPS) is 19.1. The molecule has 0 radical (unpaired) electrons. The van der Waals surface area contributed by atoms with Gasteiger partial charge in [-0.15, -0.1) is 0 Å². The van der Waals surface area contributed by atoms with E-state index in [-0.39, 0.29) is 23.5 Å². The van der Waals surface area contributed by atoms with Crippen molar-refractivity contribution in [2.75, 3.05) is 18.1 Å². The first-order chi connectivity index (χ1) is 15.1. The van der Waals surface area contributed by atoms with Crippen LogP contribution in [0.4, 0.5) is 11.5 Å². The van der Waals surface area contributed by atoms with Gasteiger partial charge in [0.1, 0.15) is 11.6 Å². The Balaban J connectivity index is 1.66. The molecule has 0 atom stereocenters. The molecule has 2 amide bonds. The first kappa shape index (κ1) is 22.3. The zero-order valence-electron chi connectivity index (χ0n) is 19.4. The molecule has 2 aliphatic heterocycles. The SMILES string of the molecule is CC(C)Oc1ccnc(N2C(=O)C(C)(C)c3cc(C(=O)NC4(C)CCOCC4)ccc32)c1. The van der Waals surface area contributed by atoms with Crippen molar-refractivity contribution >= 4 is 23.3 Å². The molecule has 4 rings (SSSR count). The standard InChI is InChI=1S/C25H31N3O4/c1-16(2)32-18-8-11-26-21(15-18)28-20-7-6-17(14-19(20)24(3,4)23(28)30)22(29)27-25(5)9-12-31-13-10-25/h6-8,11,14-16H,9-10,12-13H2,1-5H3,(H,27,29). The Morgan fingerprint density at radius 2 is 1.88 bits per heavy atom. The van der Waals surface area contributed by atoms with Crippen molar-refractivity contribution < 1.29 is 19.1 Å². The van der Waals surface area contributed by atoms with Crippen LogP contribution in [0.25, 0.3) is 0 Å². The number of rotatable bonds is 5. The number of amides is 2. The van der Waals surface area contributed by atoms with E-state index < -0.39 is 5.41 Å². The number of fused-ring (bicyclic) bond motifs is 1. The summed E-state index contributed by atoms with van der Waals surface area (Å²) in [5, 5.41) is 3.16. The van der Waals surface area contributed by atoms with E-state index in [4.69, 9.17) is 9.47 Å². The lowest BCUT2D eigenvalue weighted by atomic mass is 9.85. The van der Waals surface area contributed by atoms with Gasteiger partial charge in [0, 0.05) is 36.6 Å². The molecule has 170 valence electrons. The van der Waals surface area contributed by atoms with Gasteiger partial charge in [0.15, 0.2) is 0 Å². The summed E-state index contributed by atoms with van der Waals surface area (Å²) in [4.78, 5) is 32.5. The van der Waals surface area contributed by atoms with E-state index in [9.17, 15) is 9.59 Å². The first-order valence-electron chi connectivity index (χ1n) is 11.1. The summed E-state index contributed by atoms with van der Waals surface area (Å²) in [6.45, 7) is 11.0. The molecule has 0 saturated carbocycles. The summed E-state index contributed by atoms with van der Waals surface area (Å²) in [5.74, 6) is 0.941. The monoisotopic (exact) mass is 437 g/mol. The van der Waals surface area contributed by atoms with Crippen LogP contribution in [0.1, 0.15) is 63.4 Å². The maximum absolute atomic E-state index is 13.4. The van der Waals surface area contributed by atoms with Gasteiger partial charge in [-0.1, -0.05) is 0 Å². The second kappa shape index (κ2) is 8.20. The highest BCUT2D eigenvalue weighted by atomic mass is 16.5. The van der Waals surface area contributed by atoms with E-state index in [0.29, 0.717) is 30.3 Å². The number of carbonyl (C=O) groups excluding carboxylic acids is 2. The number of carbonyl (C=O) groups is 2. The van der Waals surface area contributed by atoms with E-state index in [0.717, 1.165) is 24.1 Å². The number of nitrogens with zero attached hydrogens (tertiary/aromatic N) is 2. The molecule has 0 aliphatic carbocycles. The number of benzene rings is 1. The number of ether oxygens (including phenoxy) is 2. The zero-order valence-corrected chi connectivity index (χ0v) is 19.4. The summed E-state index contributed by atoms with van der Waals surface area (Å²) < 4.78 is 11.2. The van der Waals surface area contributed by atoms with Crippen LogP contribution >= 0.6 is 0 Å². The Hall–Kier alpha value is -2.93. The molecule has 32 heavy (non-hydrogen) atoms. The summed E-state index contributed by atoms with van der Waals surface area (Å²) >= 11 is 0. The predicted octanol–water partition coefficient (Wildman–Crippen LogP) is 4.12. The van der Waals surface area contributed by atoms with Crippen molar-refractivity contribution in [2.45, 2.75) is 64.5 Å². The largest absolute Gasteiger partial charge is 0.491 e. The fourth-order valence-electron chi connectivity index (χ4n) is 4.27. The third kappa shape index (κ3) is 4.09. The second-order valence-electron chi connectivity index (χ2n) is 9.64. The molecule has 7 heteroatoms. The number of aromatic nitrogens is 1. The van der Waals surface area contributed by atoms with E-state index >= 15 is 0 Å². The molecule has 1 N–H and O–H groups in total. The Labute approximate surface area is 189 Å². The third-order valence-electron chi connectivity index (χ3n) is 6.24. The third-order valence-corrected chi connectivity index (χ3v) is 6.24. The Morgan fingerprint density at radius 3 is 2.56 bits per heavy atom. The minimum atomic E-state index is -0.787. The number of hydrogen-bond acceptors (Lipinski definition) is 5. The van der Waals surface area contributed by atoms with Crippen molar-refractivity contribution in [3.63, 3.8) is 0 Å². The molecule has 2 aromatic rings. The molecule has 1 aromatic carbocycles. The molecule has 0 unspecified atom stereocenters. The van der Waals surface area contributed by atoms with Crippen LogP contribution < -0.4 is 15.0 Å². The minimum absolute atomic E-state index is 0.0157. The summed E-state index contributed by atoms with van der Waals surface area (Å²) in [7, 11) is 0. The lowest BCUT2D eigenvalue weighted by Crippen LogP contribution is -2.49. The van der Waals surface area contributed by atoms with Crippen LogP contribution in [0, 0.1) is 0 Å². The molecule has 1 aromatic heterocycles. The molecule has 0 bridgehead atoms. The minimum Gasteiger partial charge on any atom is -0.491 e. The van der Waals surface area contributed by atoms with Crippen LogP contribution in [0.15, 0.2) is 36.5 Å². The number of pyridine rings is 1. The molecule has 2 aliphatic rings. The fraction of sp³-hybridized carbons (Fsp3) is 0.480. The maximum atomic E-state index is 13.4. The van der Waals surface area contributed by atoms with Crippen molar-refractivity contribution in [3.05, 3.63) is 47.7 Å². The highest BCUT2D eigenvalue weighted by Gasteiger charge is 2.45. The Morgan fingerprint density at radius 1 is 1.16 bits per heavy atom. The summed E-state index contributed by atoms with van der Waals surface area (Å²) in [6.07, 6.45) is 3.22. The predicted molar refractivity (Wildman–Crippen MR) is 123 cm³/mol. The lowest BCUT2D eigenvalue weighted by molar-refractivity contribution is -0.121. The van der Waals surface area contributed by atoms with E-state index in [1.165, 1.54) is 0 Å². The Kier molecular flexibility index (Phi) is 5.71. The zero-order chi connectivity index (χ0) is 23.1. The summed E-state index contributed by atoms with van der Waals surface area (Å²) in [5.41, 5.74) is 1.02. The Bertz CT molecular complexity index is 1040. The highest BCUT2D eigenvalue weighted by molar-refractivity contribution is 6.12. The van der Waals surface area contributed by atoms with Gasteiger partial charge in [-0.2, -0.15) is 0 Å². The molecule has 3 heterocycles. The van der Waals surface area contributed by atoms with Crippen LogP contribution in [-0.2, 0) is 14.9 Å². The average molecular weight is 438 g/mol. The van der Waals surface area contributed by atoms with Crippen molar-refractivity contribution in [1.29, 1.82) is 0 Å². The van der Waals surface area contributed by atoms with Crippen LogP contribution in [0.3, 0.4) is 0 Å². The summed E-state index contributed by atoms with van der Waals surface area (Å²) in [6, 6.07) is 8.99. The van der Waals surface area contributed by atoms with Gasteiger partial charge in [0.2, 0.25) is 5.91 Å². The number of nitrogens with one attached hydrogen (secondary N) is 1. The number of hydrogen-bond donors (Lipinski definition) is 1. The van der Waals surface area contributed by atoms with E-state index in [1.807, 2.05) is 46.8 Å². The quantitative estimate of drug-likeness (QED) is 0.761. The molecule has 0 spiro atoms. The molecular formula is C25H31N3O4. The van der Waals surface area contributed by atoms with Crippen molar-refractivity contribution in [2.24, 2.45) is 0 Å². The first-order valence-corrected chi connectivity index (χ1v) is 11.1. The molecule has 7 nitrogen and oxygen atoms in total.